The van der Waals surface area contributed by atoms with Crippen LogP contribution in [0.15, 0.2) is 24.3 Å². The maximum atomic E-state index is 5.70. The second kappa shape index (κ2) is 3.94. The Balaban J connectivity index is 2.90. The van der Waals surface area contributed by atoms with Gasteiger partial charge in [0, 0.05) is 11.6 Å². The predicted molar refractivity (Wildman–Crippen MR) is 51.6 cm³/mol. The Morgan fingerprint density at radius 2 is 1.83 bits per heavy atom. The third-order valence-electron chi connectivity index (χ3n) is 1.71. The minimum Gasteiger partial charge on any atom is -0.324 e. The van der Waals surface area contributed by atoms with E-state index in [0.29, 0.717) is 0 Å². The van der Waals surface area contributed by atoms with Crippen molar-refractivity contribution in [1.29, 1.82) is 0 Å². The fourth-order valence-electron chi connectivity index (χ4n) is 1.01. The summed E-state index contributed by atoms with van der Waals surface area (Å²) >= 11 is 0. The lowest BCUT2D eigenvalue weighted by molar-refractivity contribution is 0.818. The Labute approximate surface area is 73.6 Å². The largest absolute Gasteiger partial charge is 0.324 e. The molecule has 0 saturated heterocycles. The van der Waals surface area contributed by atoms with Gasteiger partial charge in [0.1, 0.15) is 0 Å². The second-order valence-electron chi connectivity index (χ2n) is 2.79. The number of benzene rings is 1. The van der Waals surface area contributed by atoms with E-state index < -0.39 is 0 Å². The van der Waals surface area contributed by atoms with Crippen LogP contribution >= 0.6 is 0 Å². The van der Waals surface area contributed by atoms with E-state index in [9.17, 15) is 0 Å². The molecule has 2 N–H and O–H groups in total. The SMILES string of the molecule is CC#Cc1ccc(C(C)N)cc1. The topological polar surface area (TPSA) is 26.0 Å². The molecule has 0 aliphatic carbocycles. The standard InChI is InChI=1S/C11H13N/c1-3-4-10-5-7-11(8-6-10)9(2)12/h5-9H,12H2,1-2H3. The Kier molecular flexibility index (Phi) is 2.90. The van der Waals surface area contributed by atoms with E-state index in [-0.39, 0.29) is 6.04 Å². The number of hydrogen-bond donors (Lipinski definition) is 1. The van der Waals surface area contributed by atoms with Gasteiger partial charge in [0.15, 0.2) is 0 Å². The zero-order chi connectivity index (χ0) is 8.97. The summed E-state index contributed by atoms with van der Waals surface area (Å²) in [5.41, 5.74) is 7.89. The van der Waals surface area contributed by atoms with Crippen molar-refractivity contribution >= 4 is 0 Å². The molecule has 0 aliphatic rings. The van der Waals surface area contributed by atoms with Crippen LogP contribution in [0.1, 0.15) is 31.0 Å². The molecular weight excluding hydrogens is 146 g/mol. The molecule has 1 heteroatoms. The van der Waals surface area contributed by atoms with Gasteiger partial charge in [-0.2, -0.15) is 0 Å². The number of hydrogen-bond acceptors (Lipinski definition) is 1. The molecule has 1 rings (SSSR count). The maximum Gasteiger partial charge on any atom is 0.0266 e. The van der Waals surface area contributed by atoms with Gasteiger partial charge in [0.2, 0.25) is 0 Å². The van der Waals surface area contributed by atoms with Crippen molar-refractivity contribution in [2.24, 2.45) is 5.73 Å². The average Bonchev–Trinajstić information content (AvgIpc) is 2.06. The van der Waals surface area contributed by atoms with Crippen LogP contribution in [0.3, 0.4) is 0 Å². The Morgan fingerprint density at radius 1 is 1.25 bits per heavy atom. The fraction of sp³-hybridized carbons (Fsp3) is 0.273. The molecule has 0 amide bonds. The van der Waals surface area contributed by atoms with Gasteiger partial charge >= 0.3 is 0 Å². The summed E-state index contributed by atoms with van der Waals surface area (Å²) in [5.74, 6) is 5.83. The predicted octanol–water partition coefficient (Wildman–Crippen LogP) is 2.08. The molecule has 12 heavy (non-hydrogen) atoms. The van der Waals surface area contributed by atoms with E-state index in [2.05, 4.69) is 11.8 Å². The van der Waals surface area contributed by atoms with Gasteiger partial charge in [-0.3, -0.25) is 0 Å². The van der Waals surface area contributed by atoms with Gasteiger partial charge in [-0.15, -0.1) is 5.92 Å². The highest BCUT2D eigenvalue weighted by molar-refractivity contribution is 5.36. The molecule has 0 heterocycles. The Bertz CT molecular complexity index is 298. The molecule has 0 spiro atoms. The van der Waals surface area contributed by atoms with Crippen LogP contribution in [0.5, 0.6) is 0 Å². The zero-order valence-electron chi connectivity index (χ0n) is 7.46. The normalized spacial score (nSPS) is 11.6. The molecule has 0 aliphatic heterocycles. The molecule has 0 radical (unpaired) electrons. The Morgan fingerprint density at radius 3 is 2.25 bits per heavy atom. The van der Waals surface area contributed by atoms with E-state index in [1.807, 2.05) is 38.1 Å². The van der Waals surface area contributed by atoms with Gasteiger partial charge in [0.25, 0.3) is 0 Å². The molecule has 1 nitrogen and oxygen atoms in total. The molecule has 1 aromatic carbocycles. The molecule has 1 aromatic rings. The van der Waals surface area contributed by atoms with Gasteiger partial charge in [-0.05, 0) is 31.5 Å². The Hall–Kier alpha value is -1.26. The first-order valence-corrected chi connectivity index (χ1v) is 4.02. The van der Waals surface area contributed by atoms with Crippen LogP contribution in [0, 0.1) is 11.8 Å². The maximum absolute atomic E-state index is 5.70. The first kappa shape index (κ1) is 8.83. The summed E-state index contributed by atoms with van der Waals surface area (Å²) in [6.45, 7) is 3.81. The van der Waals surface area contributed by atoms with Crippen LogP contribution in [0.25, 0.3) is 0 Å². The average molecular weight is 159 g/mol. The van der Waals surface area contributed by atoms with Crippen molar-refractivity contribution in [2.75, 3.05) is 0 Å². The zero-order valence-corrected chi connectivity index (χ0v) is 7.46. The number of nitrogens with two attached hydrogens (primary N) is 1. The van der Waals surface area contributed by atoms with Crippen molar-refractivity contribution in [3.05, 3.63) is 35.4 Å². The van der Waals surface area contributed by atoms with E-state index in [0.717, 1.165) is 11.1 Å². The highest BCUT2D eigenvalue weighted by atomic mass is 14.6. The first-order chi connectivity index (χ1) is 5.74. The molecular formula is C11H13N. The van der Waals surface area contributed by atoms with Gasteiger partial charge in [-0.1, -0.05) is 18.1 Å². The van der Waals surface area contributed by atoms with E-state index in [4.69, 9.17) is 5.73 Å². The summed E-state index contributed by atoms with van der Waals surface area (Å²) in [4.78, 5) is 0. The van der Waals surface area contributed by atoms with Crippen LogP contribution in [0.4, 0.5) is 0 Å². The van der Waals surface area contributed by atoms with Crippen molar-refractivity contribution in [2.45, 2.75) is 19.9 Å². The molecule has 62 valence electrons. The molecule has 0 bridgehead atoms. The summed E-state index contributed by atoms with van der Waals surface area (Å²) < 4.78 is 0. The second-order valence-corrected chi connectivity index (χ2v) is 2.79. The van der Waals surface area contributed by atoms with E-state index in [1.54, 1.807) is 0 Å². The smallest absolute Gasteiger partial charge is 0.0266 e. The minimum atomic E-state index is 0.105. The van der Waals surface area contributed by atoms with Gasteiger partial charge in [0.05, 0.1) is 0 Å². The lowest BCUT2D eigenvalue weighted by Gasteiger charge is -2.03. The molecule has 0 fully saturated rings. The monoisotopic (exact) mass is 159 g/mol. The lowest BCUT2D eigenvalue weighted by atomic mass is 10.1. The van der Waals surface area contributed by atoms with Crippen LogP contribution in [0.2, 0.25) is 0 Å². The van der Waals surface area contributed by atoms with Crippen molar-refractivity contribution in [3.8, 4) is 11.8 Å². The minimum absolute atomic E-state index is 0.105. The number of rotatable bonds is 1. The molecule has 0 aromatic heterocycles. The van der Waals surface area contributed by atoms with Crippen LogP contribution in [-0.4, -0.2) is 0 Å². The highest BCUT2D eigenvalue weighted by Gasteiger charge is 1.96. The van der Waals surface area contributed by atoms with Crippen molar-refractivity contribution in [1.82, 2.24) is 0 Å². The van der Waals surface area contributed by atoms with Gasteiger partial charge in [-0.25, -0.2) is 0 Å². The lowest BCUT2D eigenvalue weighted by Crippen LogP contribution is -2.04. The third-order valence-corrected chi connectivity index (χ3v) is 1.71. The van der Waals surface area contributed by atoms with Crippen LogP contribution in [-0.2, 0) is 0 Å². The summed E-state index contributed by atoms with van der Waals surface area (Å²) in [7, 11) is 0. The van der Waals surface area contributed by atoms with Gasteiger partial charge < -0.3 is 5.73 Å². The summed E-state index contributed by atoms with van der Waals surface area (Å²) in [6, 6.07) is 8.13. The quantitative estimate of drug-likeness (QED) is 0.624. The van der Waals surface area contributed by atoms with Crippen molar-refractivity contribution < 1.29 is 0 Å². The van der Waals surface area contributed by atoms with Crippen molar-refractivity contribution in [3.63, 3.8) is 0 Å². The molecule has 0 saturated carbocycles. The summed E-state index contributed by atoms with van der Waals surface area (Å²) in [5, 5.41) is 0. The van der Waals surface area contributed by atoms with E-state index in [1.165, 1.54) is 0 Å². The summed E-state index contributed by atoms with van der Waals surface area (Å²) in [6.07, 6.45) is 0. The fourth-order valence-corrected chi connectivity index (χ4v) is 1.01. The highest BCUT2D eigenvalue weighted by Crippen LogP contribution is 2.09. The molecule has 1 atom stereocenters. The van der Waals surface area contributed by atoms with Crippen LogP contribution < -0.4 is 5.73 Å². The molecule has 1 unspecified atom stereocenters. The first-order valence-electron chi connectivity index (χ1n) is 4.02. The van der Waals surface area contributed by atoms with E-state index >= 15 is 0 Å². The third kappa shape index (κ3) is 2.11.